The number of likely N-dealkylation sites (tertiary alicyclic amines) is 3. The van der Waals surface area contributed by atoms with Gasteiger partial charge >= 0.3 is 0 Å². The largest absolute Gasteiger partial charge is 0.341 e. The zero-order valence-corrected chi connectivity index (χ0v) is 14.8. The molecular weight excluding hydrogens is 302 g/mol. The van der Waals surface area contributed by atoms with E-state index in [4.69, 9.17) is 0 Å². The number of carbonyl (C=O) groups excluding carboxylic acids is 2. The minimum Gasteiger partial charge on any atom is -0.341 e. The molecule has 4 fully saturated rings. The maximum absolute atomic E-state index is 12.6. The summed E-state index contributed by atoms with van der Waals surface area (Å²) in [7, 11) is 0. The van der Waals surface area contributed by atoms with Gasteiger partial charge in [-0.2, -0.15) is 0 Å². The maximum Gasteiger partial charge on any atom is 0.242 e. The van der Waals surface area contributed by atoms with Crippen molar-refractivity contribution in [3.63, 3.8) is 0 Å². The van der Waals surface area contributed by atoms with E-state index in [9.17, 15) is 9.59 Å². The Morgan fingerprint density at radius 2 is 1.79 bits per heavy atom. The van der Waals surface area contributed by atoms with Gasteiger partial charge in [0.15, 0.2) is 0 Å². The summed E-state index contributed by atoms with van der Waals surface area (Å²) in [6, 6.07) is 0. The summed E-state index contributed by atoms with van der Waals surface area (Å²) >= 11 is 0. The molecule has 0 bridgehead atoms. The molecule has 0 unspecified atom stereocenters. The molecule has 0 radical (unpaired) electrons. The second kappa shape index (κ2) is 6.66. The van der Waals surface area contributed by atoms with Gasteiger partial charge in [-0.3, -0.25) is 9.59 Å². The van der Waals surface area contributed by atoms with Crippen molar-refractivity contribution in [2.45, 2.75) is 63.3 Å². The Bertz CT molecular complexity index is 499. The third-order valence-electron chi connectivity index (χ3n) is 6.65. The lowest BCUT2D eigenvalue weighted by atomic mass is 9.87. The monoisotopic (exact) mass is 333 g/mol. The normalized spacial score (nSPS) is 31.9. The minimum atomic E-state index is -0.0369. The van der Waals surface area contributed by atoms with Crippen LogP contribution in [-0.2, 0) is 9.59 Å². The number of nitrogens with zero attached hydrogens (tertiary/aromatic N) is 3. The number of carbonyl (C=O) groups is 2. The molecule has 24 heavy (non-hydrogen) atoms. The van der Waals surface area contributed by atoms with E-state index in [2.05, 4.69) is 4.90 Å². The van der Waals surface area contributed by atoms with Gasteiger partial charge in [-0.05, 0) is 63.8 Å². The topological polar surface area (TPSA) is 43.9 Å². The third-order valence-corrected chi connectivity index (χ3v) is 6.65. The number of hydrogen-bond donors (Lipinski definition) is 0. The van der Waals surface area contributed by atoms with Crippen LogP contribution in [0.15, 0.2) is 0 Å². The molecule has 1 aliphatic carbocycles. The first-order chi connectivity index (χ1) is 11.7. The Balaban J connectivity index is 1.41. The quantitative estimate of drug-likeness (QED) is 0.789. The molecule has 5 heteroatoms. The lowest BCUT2D eigenvalue weighted by Crippen LogP contribution is -2.51. The van der Waals surface area contributed by atoms with Crippen LogP contribution in [0.3, 0.4) is 0 Å². The van der Waals surface area contributed by atoms with Crippen molar-refractivity contribution in [1.82, 2.24) is 14.7 Å². The summed E-state index contributed by atoms with van der Waals surface area (Å²) in [6.07, 6.45) is 9.90. The summed E-state index contributed by atoms with van der Waals surface area (Å²) < 4.78 is 0. The molecule has 134 valence electrons. The molecule has 3 aliphatic heterocycles. The number of rotatable bonds is 4. The fourth-order valence-corrected chi connectivity index (χ4v) is 4.93. The molecule has 1 saturated carbocycles. The van der Waals surface area contributed by atoms with Crippen molar-refractivity contribution in [3.8, 4) is 0 Å². The van der Waals surface area contributed by atoms with Gasteiger partial charge in [0.25, 0.3) is 0 Å². The molecule has 5 nitrogen and oxygen atoms in total. The van der Waals surface area contributed by atoms with E-state index in [0.717, 1.165) is 64.1 Å². The molecule has 0 aromatic rings. The average Bonchev–Trinajstić information content (AvgIpc) is 3.18. The molecule has 4 aliphatic rings. The summed E-state index contributed by atoms with van der Waals surface area (Å²) in [5.41, 5.74) is -0.0369. The van der Waals surface area contributed by atoms with Gasteiger partial charge in [0.05, 0.1) is 0 Å². The van der Waals surface area contributed by atoms with Crippen LogP contribution >= 0.6 is 0 Å². The van der Waals surface area contributed by atoms with Crippen LogP contribution in [-0.4, -0.2) is 71.3 Å². The molecule has 0 N–H and O–H groups in total. The molecule has 2 amide bonds. The van der Waals surface area contributed by atoms with Gasteiger partial charge in [0.1, 0.15) is 6.54 Å². The Kier molecular flexibility index (Phi) is 4.54. The van der Waals surface area contributed by atoms with Crippen LogP contribution in [0.1, 0.15) is 57.8 Å². The van der Waals surface area contributed by atoms with Crippen molar-refractivity contribution in [3.05, 3.63) is 0 Å². The molecule has 0 aromatic heterocycles. The summed E-state index contributed by atoms with van der Waals surface area (Å²) in [5.74, 6) is 1.30. The second-order valence-corrected chi connectivity index (χ2v) is 8.39. The smallest absolute Gasteiger partial charge is 0.242 e. The van der Waals surface area contributed by atoms with Crippen LogP contribution < -0.4 is 0 Å². The average molecular weight is 333 g/mol. The van der Waals surface area contributed by atoms with Gasteiger partial charge in [0, 0.05) is 38.1 Å². The standard InChI is InChI=1S/C19H31N3O2/c23-17-6-8-19(22(17)15-18(24)21-11-1-2-12-21)7-3-10-20(13-9-19)14-16-4-5-16/h16H,1-15H2/t19-/m1/s1. The van der Waals surface area contributed by atoms with Crippen LogP contribution in [0, 0.1) is 5.92 Å². The third kappa shape index (κ3) is 3.32. The molecular formula is C19H31N3O2. The van der Waals surface area contributed by atoms with E-state index in [-0.39, 0.29) is 17.4 Å². The van der Waals surface area contributed by atoms with E-state index >= 15 is 0 Å². The van der Waals surface area contributed by atoms with Gasteiger partial charge in [-0.15, -0.1) is 0 Å². The first-order valence-corrected chi connectivity index (χ1v) is 9.97. The molecule has 4 rings (SSSR count). The van der Waals surface area contributed by atoms with Crippen molar-refractivity contribution in [1.29, 1.82) is 0 Å². The fourth-order valence-electron chi connectivity index (χ4n) is 4.93. The SMILES string of the molecule is O=C(CN1C(=O)CC[C@@]12CCCN(CC1CC1)CC2)N1CCCC1. The zero-order chi connectivity index (χ0) is 16.6. The Morgan fingerprint density at radius 3 is 2.54 bits per heavy atom. The van der Waals surface area contributed by atoms with E-state index in [0.29, 0.717) is 13.0 Å². The lowest BCUT2D eigenvalue weighted by Gasteiger charge is -2.38. The van der Waals surface area contributed by atoms with Crippen molar-refractivity contribution in [2.24, 2.45) is 5.92 Å². The highest BCUT2D eigenvalue weighted by Crippen LogP contribution is 2.40. The van der Waals surface area contributed by atoms with Crippen LogP contribution in [0.2, 0.25) is 0 Å². The first-order valence-electron chi connectivity index (χ1n) is 9.97. The Morgan fingerprint density at radius 1 is 1.00 bits per heavy atom. The number of hydrogen-bond acceptors (Lipinski definition) is 3. The van der Waals surface area contributed by atoms with E-state index < -0.39 is 0 Å². The molecule has 1 spiro atoms. The van der Waals surface area contributed by atoms with Crippen LogP contribution in [0.25, 0.3) is 0 Å². The van der Waals surface area contributed by atoms with Gasteiger partial charge < -0.3 is 14.7 Å². The highest BCUT2D eigenvalue weighted by atomic mass is 16.2. The number of amides is 2. The van der Waals surface area contributed by atoms with Crippen molar-refractivity contribution >= 4 is 11.8 Å². The minimum absolute atomic E-state index is 0.0369. The summed E-state index contributed by atoms with van der Waals surface area (Å²) in [4.78, 5) is 31.7. The Labute approximate surface area is 145 Å². The van der Waals surface area contributed by atoms with E-state index in [1.807, 2.05) is 9.80 Å². The molecule has 0 aromatic carbocycles. The first kappa shape index (κ1) is 16.4. The van der Waals surface area contributed by atoms with E-state index in [1.165, 1.54) is 25.9 Å². The molecule has 3 heterocycles. The summed E-state index contributed by atoms with van der Waals surface area (Å²) in [6.45, 7) is 5.59. The van der Waals surface area contributed by atoms with Crippen LogP contribution in [0.5, 0.6) is 0 Å². The fraction of sp³-hybridized carbons (Fsp3) is 0.895. The molecule has 3 saturated heterocycles. The second-order valence-electron chi connectivity index (χ2n) is 8.39. The van der Waals surface area contributed by atoms with Gasteiger partial charge in [0.2, 0.25) is 11.8 Å². The van der Waals surface area contributed by atoms with Gasteiger partial charge in [-0.25, -0.2) is 0 Å². The van der Waals surface area contributed by atoms with Crippen LogP contribution in [0.4, 0.5) is 0 Å². The summed E-state index contributed by atoms with van der Waals surface area (Å²) in [5, 5.41) is 0. The Hall–Kier alpha value is -1.10. The predicted molar refractivity (Wildman–Crippen MR) is 92.5 cm³/mol. The van der Waals surface area contributed by atoms with Gasteiger partial charge in [-0.1, -0.05) is 0 Å². The predicted octanol–water partition coefficient (Wildman–Crippen LogP) is 1.87. The lowest BCUT2D eigenvalue weighted by molar-refractivity contribution is -0.141. The highest BCUT2D eigenvalue weighted by Gasteiger charge is 2.46. The van der Waals surface area contributed by atoms with E-state index in [1.54, 1.807) is 0 Å². The van der Waals surface area contributed by atoms with Crippen molar-refractivity contribution < 1.29 is 9.59 Å². The van der Waals surface area contributed by atoms with Crippen molar-refractivity contribution in [2.75, 3.05) is 39.3 Å². The molecule has 1 atom stereocenters. The highest BCUT2D eigenvalue weighted by molar-refractivity contribution is 5.87. The maximum atomic E-state index is 12.6. The zero-order valence-electron chi connectivity index (χ0n) is 14.8.